The van der Waals surface area contributed by atoms with E-state index in [9.17, 15) is 9.59 Å². The minimum Gasteiger partial charge on any atom is -0.486 e. The van der Waals surface area contributed by atoms with Gasteiger partial charge in [0.25, 0.3) is 0 Å². The van der Waals surface area contributed by atoms with E-state index in [1.165, 1.54) is 12.0 Å². The van der Waals surface area contributed by atoms with Crippen LogP contribution in [0.1, 0.15) is 62.1 Å². The number of carbonyl (C=O) groups is 2. The monoisotopic (exact) mass is 464 g/mol. The molecule has 0 aromatic heterocycles. The molecule has 1 heterocycles. The van der Waals surface area contributed by atoms with Crippen molar-refractivity contribution in [2.45, 2.75) is 77.4 Å². The Balaban J connectivity index is 1.44. The van der Waals surface area contributed by atoms with Crippen LogP contribution in [0.3, 0.4) is 0 Å². The van der Waals surface area contributed by atoms with E-state index in [4.69, 9.17) is 9.47 Å². The fraction of sp³-hybridized carbons (Fsp3) is 0.500. The first-order chi connectivity index (χ1) is 16.5. The average Bonchev–Trinajstić information content (AvgIpc) is 2.87. The molecule has 0 spiro atoms. The number of benzene rings is 2. The van der Waals surface area contributed by atoms with Crippen LogP contribution in [0.4, 0.5) is 0 Å². The van der Waals surface area contributed by atoms with Gasteiger partial charge in [-0.2, -0.15) is 0 Å². The van der Waals surface area contributed by atoms with E-state index in [1.54, 1.807) is 4.90 Å². The first-order valence-electron chi connectivity index (χ1n) is 12.5. The van der Waals surface area contributed by atoms with Crippen LogP contribution in [-0.4, -0.2) is 42.0 Å². The topological polar surface area (TPSA) is 67.9 Å². The summed E-state index contributed by atoms with van der Waals surface area (Å²) in [5.74, 6) is 1.39. The summed E-state index contributed by atoms with van der Waals surface area (Å²) in [6, 6.07) is 13.7. The van der Waals surface area contributed by atoms with Crippen molar-refractivity contribution in [3.05, 3.63) is 59.2 Å². The second-order valence-electron chi connectivity index (χ2n) is 9.50. The predicted molar refractivity (Wildman–Crippen MR) is 132 cm³/mol. The van der Waals surface area contributed by atoms with Gasteiger partial charge in [-0.15, -0.1) is 0 Å². The third kappa shape index (κ3) is 6.31. The molecule has 1 fully saturated rings. The molecule has 6 heteroatoms. The summed E-state index contributed by atoms with van der Waals surface area (Å²) in [5, 5.41) is 3.19. The zero-order valence-corrected chi connectivity index (χ0v) is 20.3. The molecule has 1 saturated carbocycles. The Hall–Kier alpha value is -3.02. The molecule has 0 saturated heterocycles. The molecule has 2 aromatic carbocycles. The molecule has 1 unspecified atom stereocenters. The molecule has 2 aromatic rings. The van der Waals surface area contributed by atoms with Crippen LogP contribution in [0.15, 0.2) is 42.5 Å². The third-order valence-electron chi connectivity index (χ3n) is 6.83. The lowest BCUT2D eigenvalue weighted by atomic mass is 9.95. The highest BCUT2D eigenvalue weighted by atomic mass is 16.6. The van der Waals surface area contributed by atoms with E-state index >= 15 is 0 Å². The number of nitrogens with one attached hydrogen (secondary N) is 1. The first kappa shape index (κ1) is 24.1. The fourth-order valence-electron chi connectivity index (χ4n) is 4.68. The van der Waals surface area contributed by atoms with Crippen molar-refractivity contribution in [2.24, 2.45) is 0 Å². The van der Waals surface area contributed by atoms with E-state index in [-0.39, 0.29) is 17.9 Å². The van der Waals surface area contributed by atoms with E-state index < -0.39 is 6.04 Å². The third-order valence-corrected chi connectivity index (χ3v) is 6.83. The normalized spacial score (nSPS) is 16.5. The van der Waals surface area contributed by atoms with Gasteiger partial charge in [-0.25, -0.2) is 0 Å². The maximum atomic E-state index is 13.4. The zero-order valence-electron chi connectivity index (χ0n) is 20.3. The van der Waals surface area contributed by atoms with Crippen LogP contribution in [0, 0.1) is 6.92 Å². The molecule has 2 amide bonds. The standard InChI is InChI=1S/C28H36N2O4/c1-20-8-10-23(11-9-20)19-30(21(2)28(32)29-24-6-4-3-5-7-24)27(31)15-13-22-12-14-25-26(18-22)34-17-16-33-25/h8-12,14,18,21,24H,3-7,13,15-17,19H2,1-2H3,(H,29,32). The van der Waals surface area contributed by atoms with E-state index in [2.05, 4.69) is 5.32 Å². The van der Waals surface area contributed by atoms with Crippen molar-refractivity contribution in [1.82, 2.24) is 10.2 Å². The quantitative estimate of drug-likeness (QED) is 0.622. The Bertz CT molecular complexity index is 982. The number of rotatable bonds is 8. The number of hydrogen-bond donors (Lipinski definition) is 1. The van der Waals surface area contributed by atoms with Gasteiger partial charge < -0.3 is 19.7 Å². The van der Waals surface area contributed by atoms with Crippen LogP contribution in [0.2, 0.25) is 0 Å². The lowest BCUT2D eigenvalue weighted by Crippen LogP contribution is -2.50. The molecule has 1 atom stereocenters. The largest absolute Gasteiger partial charge is 0.486 e. The van der Waals surface area contributed by atoms with Gasteiger partial charge in [0, 0.05) is 19.0 Å². The SMILES string of the molecule is Cc1ccc(CN(C(=O)CCc2ccc3c(c2)OCCO3)C(C)C(=O)NC2CCCCC2)cc1. The Morgan fingerprint density at radius 1 is 0.971 bits per heavy atom. The molecular weight excluding hydrogens is 428 g/mol. The number of carbonyl (C=O) groups excluding carboxylic acids is 2. The maximum Gasteiger partial charge on any atom is 0.242 e. The van der Waals surface area contributed by atoms with Gasteiger partial charge in [-0.05, 0) is 56.4 Å². The number of amides is 2. The number of hydrogen-bond acceptors (Lipinski definition) is 4. The van der Waals surface area contributed by atoms with Crippen molar-refractivity contribution in [2.75, 3.05) is 13.2 Å². The molecule has 34 heavy (non-hydrogen) atoms. The summed E-state index contributed by atoms with van der Waals surface area (Å²) in [7, 11) is 0. The molecule has 4 rings (SSSR count). The number of ether oxygens (including phenoxy) is 2. The Morgan fingerprint density at radius 2 is 1.65 bits per heavy atom. The van der Waals surface area contributed by atoms with Gasteiger partial charge in [0.05, 0.1) is 0 Å². The van der Waals surface area contributed by atoms with Crippen LogP contribution in [0.25, 0.3) is 0 Å². The lowest BCUT2D eigenvalue weighted by molar-refractivity contribution is -0.141. The lowest BCUT2D eigenvalue weighted by Gasteiger charge is -2.31. The maximum absolute atomic E-state index is 13.4. The van der Waals surface area contributed by atoms with Gasteiger partial charge in [0.1, 0.15) is 19.3 Å². The second-order valence-corrected chi connectivity index (χ2v) is 9.50. The Kier molecular flexibility index (Phi) is 8.09. The molecule has 182 valence electrons. The first-order valence-corrected chi connectivity index (χ1v) is 12.5. The van der Waals surface area contributed by atoms with Gasteiger partial charge in [0.15, 0.2) is 11.5 Å². The van der Waals surface area contributed by atoms with Crippen molar-refractivity contribution in [3.8, 4) is 11.5 Å². The minimum absolute atomic E-state index is 0.0261. The van der Waals surface area contributed by atoms with Crippen molar-refractivity contribution >= 4 is 11.8 Å². The Labute approximate surface area is 202 Å². The van der Waals surface area contributed by atoms with Gasteiger partial charge in [-0.3, -0.25) is 9.59 Å². The van der Waals surface area contributed by atoms with Crippen molar-refractivity contribution in [3.63, 3.8) is 0 Å². The highest BCUT2D eigenvalue weighted by Crippen LogP contribution is 2.31. The zero-order chi connectivity index (χ0) is 23.9. The molecular formula is C28H36N2O4. The summed E-state index contributed by atoms with van der Waals surface area (Å²) in [6.45, 7) is 5.39. The molecule has 1 aliphatic heterocycles. The van der Waals surface area contributed by atoms with Gasteiger partial charge in [0.2, 0.25) is 11.8 Å². The second kappa shape index (κ2) is 11.4. The van der Waals surface area contributed by atoms with E-state index in [1.807, 2.05) is 56.3 Å². The van der Waals surface area contributed by atoms with Crippen LogP contribution < -0.4 is 14.8 Å². The highest BCUT2D eigenvalue weighted by molar-refractivity contribution is 5.87. The minimum atomic E-state index is -0.531. The molecule has 0 bridgehead atoms. The van der Waals surface area contributed by atoms with Gasteiger partial charge >= 0.3 is 0 Å². The number of nitrogens with zero attached hydrogens (tertiary/aromatic N) is 1. The highest BCUT2D eigenvalue weighted by Gasteiger charge is 2.28. The van der Waals surface area contributed by atoms with Gasteiger partial charge in [-0.1, -0.05) is 55.2 Å². The van der Waals surface area contributed by atoms with Crippen molar-refractivity contribution < 1.29 is 19.1 Å². The molecule has 1 aliphatic carbocycles. The van der Waals surface area contributed by atoms with E-state index in [0.29, 0.717) is 32.6 Å². The number of aryl methyl sites for hydroxylation is 2. The van der Waals surface area contributed by atoms with Crippen LogP contribution in [-0.2, 0) is 22.6 Å². The summed E-state index contributed by atoms with van der Waals surface area (Å²) >= 11 is 0. The average molecular weight is 465 g/mol. The predicted octanol–water partition coefficient (Wildman–Crippen LogP) is 4.57. The van der Waals surface area contributed by atoms with Crippen LogP contribution >= 0.6 is 0 Å². The summed E-state index contributed by atoms with van der Waals surface area (Å²) in [6.07, 6.45) is 6.49. The van der Waals surface area contributed by atoms with Crippen molar-refractivity contribution in [1.29, 1.82) is 0 Å². The molecule has 0 radical (unpaired) electrons. The summed E-state index contributed by atoms with van der Waals surface area (Å²) in [5.41, 5.74) is 3.21. The van der Waals surface area contributed by atoms with E-state index in [0.717, 1.165) is 48.3 Å². The van der Waals surface area contributed by atoms with Crippen LogP contribution in [0.5, 0.6) is 11.5 Å². The molecule has 2 aliphatic rings. The fourth-order valence-corrected chi connectivity index (χ4v) is 4.68. The summed E-state index contributed by atoms with van der Waals surface area (Å²) < 4.78 is 11.3. The smallest absolute Gasteiger partial charge is 0.242 e. The summed E-state index contributed by atoms with van der Waals surface area (Å²) in [4.78, 5) is 28.2. The number of fused-ring (bicyclic) bond motifs is 1. The molecule has 1 N–H and O–H groups in total. The molecule has 6 nitrogen and oxygen atoms in total. The Morgan fingerprint density at radius 3 is 2.38 bits per heavy atom.